The Kier molecular flexibility index (Phi) is 3.91. The summed E-state index contributed by atoms with van der Waals surface area (Å²) in [4.78, 5) is 16.3. The van der Waals surface area contributed by atoms with E-state index >= 15 is 0 Å². The Labute approximate surface area is 101 Å². The third kappa shape index (κ3) is 2.73. The minimum absolute atomic E-state index is 0.0815. The first-order chi connectivity index (χ1) is 8.24. The van der Waals surface area contributed by atoms with E-state index in [9.17, 15) is 4.79 Å². The van der Waals surface area contributed by atoms with E-state index in [0.29, 0.717) is 6.42 Å². The smallest absolute Gasteiger partial charge is 0.157 e. The molecule has 0 spiro atoms. The van der Waals surface area contributed by atoms with Gasteiger partial charge in [-0.05, 0) is 13.3 Å². The summed E-state index contributed by atoms with van der Waals surface area (Å²) in [5.41, 5.74) is 0. The predicted octanol–water partition coefficient (Wildman–Crippen LogP) is 0.391. The molecule has 2 heterocycles. The number of rotatable bonds is 5. The third-order valence-corrected chi connectivity index (χ3v) is 3.29. The highest BCUT2D eigenvalue weighted by molar-refractivity contribution is 5.85. The van der Waals surface area contributed by atoms with Gasteiger partial charge in [-0.2, -0.15) is 0 Å². The van der Waals surface area contributed by atoms with Crippen LogP contribution >= 0.6 is 0 Å². The monoisotopic (exact) mass is 237 g/mol. The van der Waals surface area contributed by atoms with Crippen molar-refractivity contribution in [2.45, 2.75) is 38.5 Å². The number of aryl methyl sites for hydroxylation is 1. The molecule has 0 bridgehead atoms. The molecule has 94 valence electrons. The first-order valence-electron chi connectivity index (χ1n) is 6.03. The van der Waals surface area contributed by atoms with Crippen molar-refractivity contribution in [2.75, 3.05) is 13.7 Å². The average molecular weight is 237 g/mol. The average Bonchev–Trinajstić information content (AvgIpc) is 2.96. The molecule has 2 atom stereocenters. The van der Waals surface area contributed by atoms with Crippen molar-refractivity contribution in [3.63, 3.8) is 0 Å². The molecule has 2 rings (SSSR count). The second-order valence-corrected chi connectivity index (χ2v) is 4.33. The molecule has 0 aliphatic carbocycles. The molecule has 5 nitrogen and oxygen atoms in total. The number of hydrogen-bond acceptors (Lipinski definition) is 4. The van der Waals surface area contributed by atoms with E-state index in [1.54, 1.807) is 13.3 Å². The third-order valence-electron chi connectivity index (χ3n) is 3.29. The van der Waals surface area contributed by atoms with Crippen LogP contribution in [-0.2, 0) is 22.5 Å². The first-order valence-corrected chi connectivity index (χ1v) is 6.03. The molecular weight excluding hydrogens is 218 g/mol. The van der Waals surface area contributed by atoms with Gasteiger partial charge < -0.3 is 14.6 Å². The highest BCUT2D eigenvalue weighted by atomic mass is 16.5. The van der Waals surface area contributed by atoms with E-state index in [2.05, 4.69) is 10.3 Å². The maximum absolute atomic E-state index is 12.1. The Morgan fingerprint density at radius 3 is 3.18 bits per heavy atom. The van der Waals surface area contributed by atoms with Gasteiger partial charge in [-0.25, -0.2) is 4.98 Å². The van der Waals surface area contributed by atoms with Crippen LogP contribution in [0.2, 0.25) is 0 Å². The molecule has 0 radical (unpaired) electrons. The Morgan fingerprint density at radius 1 is 1.71 bits per heavy atom. The SMILES string of the molecule is CCn1ccnc1CC(=O)C1CC(OC)CN1. The molecule has 17 heavy (non-hydrogen) atoms. The first kappa shape index (κ1) is 12.3. The molecule has 0 aromatic carbocycles. The van der Waals surface area contributed by atoms with Crippen LogP contribution in [0, 0.1) is 0 Å². The zero-order valence-electron chi connectivity index (χ0n) is 10.3. The molecule has 1 aliphatic heterocycles. The van der Waals surface area contributed by atoms with Crippen LogP contribution in [-0.4, -0.2) is 41.1 Å². The molecule has 0 amide bonds. The van der Waals surface area contributed by atoms with Crippen LogP contribution in [0.15, 0.2) is 12.4 Å². The maximum atomic E-state index is 12.1. The molecule has 1 N–H and O–H groups in total. The predicted molar refractivity (Wildman–Crippen MR) is 63.8 cm³/mol. The summed E-state index contributed by atoms with van der Waals surface area (Å²) in [5, 5.41) is 3.20. The van der Waals surface area contributed by atoms with Gasteiger partial charge in [-0.15, -0.1) is 0 Å². The Bertz CT molecular complexity index is 389. The lowest BCUT2D eigenvalue weighted by atomic mass is 10.1. The van der Waals surface area contributed by atoms with Crippen molar-refractivity contribution in [3.8, 4) is 0 Å². The van der Waals surface area contributed by atoms with Crippen LogP contribution in [0.3, 0.4) is 0 Å². The van der Waals surface area contributed by atoms with E-state index < -0.39 is 0 Å². The number of nitrogens with zero attached hydrogens (tertiary/aromatic N) is 2. The van der Waals surface area contributed by atoms with Gasteiger partial charge in [0, 0.05) is 32.6 Å². The summed E-state index contributed by atoms with van der Waals surface area (Å²) >= 11 is 0. The summed E-state index contributed by atoms with van der Waals surface area (Å²) < 4.78 is 7.24. The molecule has 1 aliphatic rings. The summed E-state index contributed by atoms with van der Waals surface area (Å²) in [6.07, 6.45) is 4.97. The van der Waals surface area contributed by atoms with Crippen molar-refractivity contribution in [3.05, 3.63) is 18.2 Å². The van der Waals surface area contributed by atoms with Gasteiger partial charge in [0.25, 0.3) is 0 Å². The second-order valence-electron chi connectivity index (χ2n) is 4.33. The minimum atomic E-state index is -0.0815. The van der Waals surface area contributed by atoms with Gasteiger partial charge in [-0.1, -0.05) is 0 Å². The number of Topliss-reactive ketones (excluding diaryl/α,β-unsaturated/α-hetero) is 1. The fourth-order valence-electron chi connectivity index (χ4n) is 2.20. The highest BCUT2D eigenvalue weighted by Gasteiger charge is 2.29. The number of ether oxygens (including phenoxy) is 1. The number of carbonyl (C=O) groups excluding carboxylic acids is 1. The number of nitrogens with one attached hydrogen (secondary N) is 1. The van der Waals surface area contributed by atoms with E-state index in [1.807, 2.05) is 17.7 Å². The lowest BCUT2D eigenvalue weighted by molar-refractivity contribution is -0.120. The second kappa shape index (κ2) is 5.42. The molecule has 0 saturated carbocycles. The van der Waals surface area contributed by atoms with E-state index in [4.69, 9.17) is 4.74 Å². The zero-order valence-corrected chi connectivity index (χ0v) is 10.3. The van der Waals surface area contributed by atoms with Gasteiger partial charge in [0.05, 0.1) is 18.6 Å². The molecular formula is C12H19N3O2. The standard InChI is InChI=1S/C12H19N3O2/c1-3-15-5-4-13-12(15)7-11(16)10-6-9(17-2)8-14-10/h4-5,9-10,14H,3,6-8H2,1-2H3. The fourth-order valence-corrected chi connectivity index (χ4v) is 2.20. The summed E-state index contributed by atoms with van der Waals surface area (Å²) in [5.74, 6) is 1.05. The van der Waals surface area contributed by atoms with Gasteiger partial charge in [0.2, 0.25) is 0 Å². The van der Waals surface area contributed by atoms with E-state index in [0.717, 1.165) is 25.3 Å². The lowest BCUT2D eigenvalue weighted by Gasteiger charge is -2.09. The van der Waals surface area contributed by atoms with Gasteiger partial charge in [0.1, 0.15) is 5.82 Å². The molecule has 5 heteroatoms. The number of carbonyl (C=O) groups is 1. The van der Waals surface area contributed by atoms with Crippen LogP contribution in [0.5, 0.6) is 0 Å². The van der Waals surface area contributed by atoms with Crippen molar-refractivity contribution >= 4 is 5.78 Å². The molecule has 2 unspecified atom stereocenters. The minimum Gasteiger partial charge on any atom is -0.380 e. The molecule has 1 saturated heterocycles. The number of ketones is 1. The summed E-state index contributed by atoms with van der Waals surface area (Å²) in [7, 11) is 1.68. The Balaban J connectivity index is 1.93. The summed E-state index contributed by atoms with van der Waals surface area (Å²) in [6.45, 7) is 3.65. The highest BCUT2D eigenvalue weighted by Crippen LogP contribution is 2.12. The number of hydrogen-bond donors (Lipinski definition) is 1. The number of aromatic nitrogens is 2. The normalized spacial score (nSPS) is 24.1. The van der Waals surface area contributed by atoms with E-state index in [1.165, 1.54) is 0 Å². The summed E-state index contributed by atoms with van der Waals surface area (Å²) in [6, 6.07) is -0.0815. The molecule has 1 aromatic rings. The van der Waals surface area contributed by atoms with Crippen molar-refractivity contribution in [2.24, 2.45) is 0 Å². The zero-order chi connectivity index (χ0) is 12.3. The topological polar surface area (TPSA) is 56.2 Å². The quantitative estimate of drug-likeness (QED) is 0.805. The Hall–Kier alpha value is -1.20. The van der Waals surface area contributed by atoms with Crippen molar-refractivity contribution in [1.29, 1.82) is 0 Å². The van der Waals surface area contributed by atoms with Gasteiger partial charge in [-0.3, -0.25) is 4.79 Å². The maximum Gasteiger partial charge on any atom is 0.157 e. The van der Waals surface area contributed by atoms with Crippen LogP contribution in [0.25, 0.3) is 0 Å². The number of imidazole rings is 1. The molecule has 1 fully saturated rings. The lowest BCUT2D eigenvalue weighted by Crippen LogP contribution is -2.32. The van der Waals surface area contributed by atoms with Crippen molar-refractivity contribution in [1.82, 2.24) is 14.9 Å². The fraction of sp³-hybridized carbons (Fsp3) is 0.667. The van der Waals surface area contributed by atoms with Gasteiger partial charge in [0.15, 0.2) is 5.78 Å². The van der Waals surface area contributed by atoms with Crippen LogP contribution in [0.1, 0.15) is 19.2 Å². The van der Waals surface area contributed by atoms with E-state index in [-0.39, 0.29) is 17.9 Å². The van der Waals surface area contributed by atoms with Crippen LogP contribution < -0.4 is 5.32 Å². The number of methoxy groups -OCH3 is 1. The molecule has 1 aromatic heterocycles. The largest absolute Gasteiger partial charge is 0.380 e. The van der Waals surface area contributed by atoms with Crippen LogP contribution in [0.4, 0.5) is 0 Å². The van der Waals surface area contributed by atoms with Gasteiger partial charge >= 0.3 is 0 Å². The van der Waals surface area contributed by atoms with Crippen molar-refractivity contribution < 1.29 is 9.53 Å². The Morgan fingerprint density at radius 2 is 2.53 bits per heavy atom.